The summed E-state index contributed by atoms with van der Waals surface area (Å²) in [6.45, 7) is 4.64. The fourth-order valence-corrected chi connectivity index (χ4v) is 3.04. The number of piperazine rings is 1. The van der Waals surface area contributed by atoms with E-state index in [-0.39, 0.29) is 12.7 Å². The van der Waals surface area contributed by atoms with Gasteiger partial charge in [0.25, 0.3) is 0 Å². The zero-order chi connectivity index (χ0) is 16.5. The number of nitrogens with zero attached hydrogens (tertiary/aromatic N) is 3. The molecule has 0 radical (unpaired) electrons. The highest BCUT2D eigenvalue weighted by molar-refractivity contribution is 5.82. The number of ether oxygens (including phenoxy) is 2. The van der Waals surface area contributed by atoms with Gasteiger partial charge in [0.15, 0.2) is 11.5 Å². The van der Waals surface area contributed by atoms with Gasteiger partial charge < -0.3 is 19.3 Å². The van der Waals surface area contributed by atoms with Crippen LogP contribution in [0.1, 0.15) is 11.3 Å². The maximum atomic E-state index is 12.5. The Morgan fingerprint density at radius 1 is 1.12 bits per heavy atom. The number of aryl methyl sites for hydroxylation is 1. The minimum absolute atomic E-state index is 0.113. The molecule has 3 heterocycles. The highest BCUT2D eigenvalue weighted by Crippen LogP contribution is 2.33. The Hall–Kier alpha value is -2.76. The standard InChI is InChI=1S/C18H19N3O3/c1-13-3-2-4-17(19-13)20-7-8-21(18(22)11-20)10-14-5-6-15-16(9-14)24-12-23-15/h2-6,9H,7-8,10-12H2,1H3. The molecular weight excluding hydrogens is 306 g/mol. The first-order chi connectivity index (χ1) is 11.7. The molecule has 0 spiro atoms. The molecule has 0 atom stereocenters. The number of fused-ring (bicyclic) bond motifs is 1. The number of carbonyl (C=O) groups excluding carboxylic acids is 1. The predicted molar refractivity (Wildman–Crippen MR) is 89.2 cm³/mol. The Kier molecular flexibility index (Phi) is 3.72. The van der Waals surface area contributed by atoms with Crippen molar-refractivity contribution in [3.63, 3.8) is 0 Å². The fourth-order valence-electron chi connectivity index (χ4n) is 3.04. The van der Waals surface area contributed by atoms with Crippen LogP contribution < -0.4 is 14.4 Å². The molecule has 1 fully saturated rings. The second-order valence-corrected chi connectivity index (χ2v) is 6.06. The predicted octanol–water partition coefficient (Wildman–Crippen LogP) is 1.97. The molecule has 2 aromatic rings. The average Bonchev–Trinajstić information content (AvgIpc) is 3.04. The Balaban J connectivity index is 1.43. The summed E-state index contributed by atoms with van der Waals surface area (Å²) in [4.78, 5) is 20.9. The van der Waals surface area contributed by atoms with Gasteiger partial charge in [0.1, 0.15) is 5.82 Å². The van der Waals surface area contributed by atoms with Gasteiger partial charge in [0.2, 0.25) is 12.7 Å². The molecule has 1 aromatic heterocycles. The summed E-state index contributed by atoms with van der Waals surface area (Å²) in [5.74, 6) is 2.50. The van der Waals surface area contributed by atoms with E-state index < -0.39 is 0 Å². The number of hydrogen-bond donors (Lipinski definition) is 0. The third-order valence-corrected chi connectivity index (χ3v) is 4.33. The van der Waals surface area contributed by atoms with E-state index in [2.05, 4.69) is 4.98 Å². The van der Waals surface area contributed by atoms with Crippen molar-refractivity contribution in [2.75, 3.05) is 31.3 Å². The van der Waals surface area contributed by atoms with Crippen LogP contribution in [0.2, 0.25) is 0 Å². The van der Waals surface area contributed by atoms with E-state index in [1.54, 1.807) is 0 Å². The maximum Gasteiger partial charge on any atom is 0.242 e. The van der Waals surface area contributed by atoms with E-state index in [1.807, 2.05) is 53.1 Å². The molecule has 0 bridgehead atoms. The van der Waals surface area contributed by atoms with Gasteiger partial charge >= 0.3 is 0 Å². The first-order valence-electron chi connectivity index (χ1n) is 8.04. The summed E-state index contributed by atoms with van der Waals surface area (Å²) in [6.07, 6.45) is 0. The lowest BCUT2D eigenvalue weighted by Crippen LogP contribution is -2.50. The molecule has 6 heteroatoms. The number of aromatic nitrogens is 1. The normalized spacial score (nSPS) is 16.6. The molecule has 124 valence electrons. The summed E-state index contributed by atoms with van der Waals surface area (Å²) in [5, 5.41) is 0. The molecule has 6 nitrogen and oxygen atoms in total. The molecule has 0 unspecified atom stereocenters. The second-order valence-electron chi connectivity index (χ2n) is 6.06. The van der Waals surface area contributed by atoms with Crippen LogP contribution in [0.5, 0.6) is 11.5 Å². The third kappa shape index (κ3) is 2.87. The van der Waals surface area contributed by atoms with E-state index in [0.29, 0.717) is 19.6 Å². The van der Waals surface area contributed by atoms with Crippen molar-refractivity contribution in [1.82, 2.24) is 9.88 Å². The highest BCUT2D eigenvalue weighted by atomic mass is 16.7. The molecular formula is C18H19N3O3. The van der Waals surface area contributed by atoms with E-state index in [1.165, 1.54) is 0 Å². The molecule has 4 rings (SSSR count). The number of anilines is 1. The van der Waals surface area contributed by atoms with Crippen molar-refractivity contribution in [1.29, 1.82) is 0 Å². The van der Waals surface area contributed by atoms with Gasteiger partial charge in [-0.2, -0.15) is 0 Å². The molecule has 24 heavy (non-hydrogen) atoms. The van der Waals surface area contributed by atoms with Crippen molar-refractivity contribution < 1.29 is 14.3 Å². The molecule has 1 amide bonds. The zero-order valence-electron chi connectivity index (χ0n) is 13.6. The second kappa shape index (κ2) is 6.03. The van der Waals surface area contributed by atoms with Crippen molar-refractivity contribution in [3.05, 3.63) is 47.7 Å². The van der Waals surface area contributed by atoms with Crippen LogP contribution in [0.15, 0.2) is 36.4 Å². The molecule has 2 aliphatic heterocycles. The van der Waals surface area contributed by atoms with Gasteiger partial charge in [-0.1, -0.05) is 12.1 Å². The zero-order valence-corrected chi connectivity index (χ0v) is 13.6. The van der Waals surface area contributed by atoms with E-state index in [9.17, 15) is 4.79 Å². The van der Waals surface area contributed by atoms with Crippen LogP contribution in [0.4, 0.5) is 5.82 Å². The van der Waals surface area contributed by atoms with Crippen molar-refractivity contribution in [2.45, 2.75) is 13.5 Å². The summed E-state index contributed by atoms with van der Waals surface area (Å²) < 4.78 is 10.7. The number of benzene rings is 1. The number of pyridine rings is 1. The largest absolute Gasteiger partial charge is 0.454 e. The summed E-state index contributed by atoms with van der Waals surface area (Å²) in [6, 6.07) is 11.7. The Morgan fingerprint density at radius 2 is 2.00 bits per heavy atom. The molecule has 0 saturated carbocycles. The SMILES string of the molecule is Cc1cccc(N2CCN(Cc3ccc4c(c3)OCO4)C(=O)C2)n1. The van der Waals surface area contributed by atoms with Crippen molar-refractivity contribution in [2.24, 2.45) is 0 Å². The Morgan fingerprint density at radius 3 is 2.83 bits per heavy atom. The molecule has 0 aliphatic carbocycles. The lowest BCUT2D eigenvalue weighted by molar-refractivity contribution is -0.131. The molecule has 0 N–H and O–H groups in total. The average molecular weight is 325 g/mol. The Bertz CT molecular complexity index is 778. The van der Waals surface area contributed by atoms with Crippen LogP contribution in [-0.4, -0.2) is 42.2 Å². The quantitative estimate of drug-likeness (QED) is 0.863. The van der Waals surface area contributed by atoms with Crippen LogP contribution in [0.25, 0.3) is 0 Å². The highest BCUT2D eigenvalue weighted by Gasteiger charge is 2.25. The van der Waals surface area contributed by atoms with Gasteiger partial charge in [0.05, 0.1) is 6.54 Å². The van der Waals surface area contributed by atoms with Crippen LogP contribution in [0.3, 0.4) is 0 Å². The minimum atomic E-state index is 0.113. The Labute approximate surface area is 140 Å². The third-order valence-electron chi connectivity index (χ3n) is 4.33. The monoisotopic (exact) mass is 325 g/mol. The lowest BCUT2D eigenvalue weighted by atomic mass is 10.1. The van der Waals surface area contributed by atoms with Crippen LogP contribution in [-0.2, 0) is 11.3 Å². The van der Waals surface area contributed by atoms with E-state index in [4.69, 9.17) is 9.47 Å². The molecule has 1 saturated heterocycles. The molecule has 1 aromatic carbocycles. The van der Waals surface area contributed by atoms with E-state index >= 15 is 0 Å². The van der Waals surface area contributed by atoms with Gasteiger partial charge in [-0.15, -0.1) is 0 Å². The fraction of sp³-hybridized carbons (Fsp3) is 0.333. The summed E-state index contributed by atoms with van der Waals surface area (Å²) in [7, 11) is 0. The van der Waals surface area contributed by atoms with Crippen molar-refractivity contribution in [3.8, 4) is 11.5 Å². The topological polar surface area (TPSA) is 54.9 Å². The minimum Gasteiger partial charge on any atom is -0.454 e. The smallest absolute Gasteiger partial charge is 0.242 e. The number of carbonyl (C=O) groups is 1. The van der Waals surface area contributed by atoms with E-state index in [0.717, 1.165) is 35.1 Å². The van der Waals surface area contributed by atoms with Crippen molar-refractivity contribution >= 4 is 11.7 Å². The lowest BCUT2D eigenvalue weighted by Gasteiger charge is -2.35. The van der Waals surface area contributed by atoms with Crippen LogP contribution in [0, 0.1) is 6.92 Å². The van der Waals surface area contributed by atoms with Gasteiger partial charge in [0, 0.05) is 25.3 Å². The molecule has 2 aliphatic rings. The summed E-state index contributed by atoms with van der Waals surface area (Å²) >= 11 is 0. The van der Waals surface area contributed by atoms with Gasteiger partial charge in [-0.05, 0) is 36.8 Å². The van der Waals surface area contributed by atoms with Gasteiger partial charge in [-0.25, -0.2) is 4.98 Å². The van der Waals surface area contributed by atoms with Crippen LogP contribution >= 0.6 is 0 Å². The first kappa shape index (κ1) is 14.8. The van der Waals surface area contributed by atoms with Gasteiger partial charge in [-0.3, -0.25) is 4.79 Å². The summed E-state index contributed by atoms with van der Waals surface area (Å²) in [5.41, 5.74) is 2.01. The number of amides is 1. The maximum absolute atomic E-state index is 12.5. The number of rotatable bonds is 3. The first-order valence-corrected chi connectivity index (χ1v) is 8.04. The number of hydrogen-bond acceptors (Lipinski definition) is 5.